The first-order chi connectivity index (χ1) is 11.2. The highest BCUT2D eigenvalue weighted by molar-refractivity contribution is 5.71. The number of rotatable bonds is 5. The van der Waals surface area contributed by atoms with Crippen LogP contribution in [0.4, 0.5) is 0 Å². The average Bonchev–Trinajstić information content (AvgIpc) is 2.53. The summed E-state index contributed by atoms with van der Waals surface area (Å²) < 4.78 is 0. The Morgan fingerprint density at radius 1 is 0.500 bits per heavy atom. The second-order valence-corrected chi connectivity index (χ2v) is 8.27. The van der Waals surface area contributed by atoms with Crippen LogP contribution in [0.15, 0.2) is 36.4 Å². The van der Waals surface area contributed by atoms with Crippen molar-refractivity contribution in [2.45, 2.75) is 79.1 Å². The van der Waals surface area contributed by atoms with E-state index in [0.717, 1.165) is 0 Å². The van der Waals surface area contributed by atoms with Gasteiger partial charge in [0.05, 0.1) is 0 Å². The van der Waals surface area contributed by atoms with Crippen LogP contribution in [0.3, 0.4) is 0 Å². The molecule has 0 fully saturated rings. The van der Waals surface area contributed by atoms with Crippen LogP contribution in [0.2, 0.25) is 0 Å². The van der Waals surface area contributed by atoms with Crippen molar-refractivity contribution in [3.8, 4) is 11.1 Å². The molecule has 2 aromatic carbocycles. The van der Waals surface area contributed by atoms with E-state index in [1.165, 1.54) is 27.8 Å². The van der Waals surface area contributed by atoms with Gasteiger partial charge in [-0.05, 0) is 57.1 Å². The summed E-state index contributed by atoms with van der Waals surface area (Å²) in [5, 5.41) is 0. The Morgan fingerprint density at radius 3 is 1.46 bits per heavy atom. The van der Waals surface area contributed by atoms with Crippen molar-refractivity contribution >= 4 is 0 Å². The van der Waals surface area contributed by atoms with Crippen LogP contribution in [0.1, 0.15) is 101 Å². The maximum Gasteiger partial charge on any atom is -0.0146 e. The van der Waals surface area contributed by atoms with Crippen LogP contribution in [-0.4, -0.2) is 0 Å². The summed E-state index contributed by atoms with van der Waals surface area (Å²) in [6.45, 7) is 18.4. The van der Waals surface area contributed by atoms with Crippen molar-refractivity contribution in [1.82, 2.24) is 0 Å². The molecule has 0 amide bonds. The molecule has 130 valence electrons. The predicted octanol–water partition coefficient (Wildman–Crippen LogP) is 7.85. The minimum atomic E-state index is 0.529. The molecule has 0 unspecified atom stereocenters. The van der Waals surface area contributed by atoms with Gasteiger partial charge >= 0.3 is 0 Å². The van der Waals surface area contributed by atoms with Gasteiger partial charge in [0.25, 0.3) is 0 Å². The van der Waals surface area contributed by atoms with Gasteiger partial charge in [0, 0.05) is 0 Å². The molecule has 0 nitrogen and oxygen atoms in total. The molecule has 0 saturated heterocycles. The van der Waals surface area contributed by atoms with Gasteiger partial charge in [-0.3, -0.25) is 0 Å². The van der Waals surface area contributed by atoms with Crippen molar-refractivity contribution in [3.05, 3.63) is 58.7 Å². The monoisotopic (exact) mass is 322 g/mol. The Labute approximate surface area is 149 Å². The lowest BCUT2D eigenvalue weighted by molar-refractivity contribution is 0.750. The van der Waals surface area contributed by atoms with Gasteiger partial charge in [0.15, 0.2) is 0 Å². The molecule has 0 heteroatoms. The first kappa shape index (κ1) is 18.8. The third-order valence-corrected chi connectivity index (χ3v) is 4.99. The maximum absolute atomic E-state index is 2.36. The fraction of sp³-hybridized carbons (Fsp3) is 0.500. The molecular formula is C24H34. The molecule has 0 radical (unpaired) electrons. The number of hydrogen-bond donors (Lipinski definition) is 0. The molecule has 0 atom stereocenters. The van der Waals surface area contributed by atoms with E-state index in [9.17, 15) is 0 Å². The molecule has 0 aromatic heterocycles. The molecule has 2 aromatic rings. The number of benzene rings is 2. The van der Waals surface area contributed by atoms with Gasteiger partial charge in [-0.15, -0.1) is 0 Å². The molecule has 0 aliphatic carbocycles. The highest BCUT2D eigenvalue weighted by Gasteiger charge is 2.20. The zero-order valence-electron chi connectivity index (χ0n) is 16.8. The lowest BCUT2D eigenvalue weighted by atomic mass is 9.79. The van der Waals surface area contributed by atoms with Crippen molar-refractivity contribution < 1.29 is 0 Å². The van der Waals surface area contributed by atoms with Gasteiger partial charge in [-0.25, -0.2) is 0 Å². The Bertz CT molecular complexity index is 670. The van der Waals surface area contributed by atoms with Gasteiger partial charge in [0.2, 0.25) is 0 Å². The Kier molecular flexibility index (Phi) is 5.91. The van der Waals surface area contributed by atoms with E-state index in [2.05, 4.69) is 91.8 Å². The normalized spacial score (nSPS) is 12.0. The predicted molar refractivity (Wildman–Crippen MR) is 108 cm³/mol. The second-order valence-electron chi connectivity index (χ2n) is 8.27. The van der Waals surface area contributed by atoms with Gasteiger partial charge < -0.3 is 0 Å². The molecule has 0 heterocycles. The van der Waals surface area contributed by atoms with Crippen LogP contribution < -0.4 is 0 Å². The second kappa shape index (κ2) is 7.55. The summed E-state index contributed by atoms with van der Waals surface area (Å²) in [6.07, 6.45) is 0. The maximum atomic E-state index is 2.36. The van der Waals surface area contributed by atoms with E-state index >= 15 is 0 Å². The summed E-state index contributed by atoms with van der Waals surface area (Å²) in [6, 6.07) is 13.9. The first-order valence-corrected chi connectivity index (χ1v) is 9.51. The molecule has 0 saturated carbocycles. The van der Waals surface area contributed by atoms with Gasteiger partial charge in [-0.1, -0.05) is 91.8 Å². The van der Waals surface area contributed by atoms with Crippen LogP contribution in [0.25, 0.3) is 11.1 Å². The van der Waals surface area contributed by atoms with E-state index in [-0.39, 0.29) is 0 Å². The smallest absolute Gasteiger partial charge is 0.0146 e. The summed E-state index contributed by atoms with van der Waals surface area (Å²) in [5.74, 6) is 2.23. The first-order valence-electron chi connectivity index (χ1n) is 9.51. The Hall–Kier alpha value is -1.56. The molecule has 24 heavy (non-hydrogen) atoms. The Morgan fingerprint density at radius 2 is 1.04 bits per heavy atom. The van der Waals surface area contributed by atoms with E-state index in [0.29, 0.717) is 23.7 Å². The molecule has 0 aliphatic heterocycles. The lowest BCUT2D eigenvalue weighted by Crippen LogP contribution is -2.07. The summed E-state index contributed by atoms with van der Waals surface area (Å²) in [7, 11) is 0. The minimum Gasteiger partial charge on any atom is -0.0587 e. The van der Waals surface area contributed by atoms with Crippen molar-refractivity contribution in [2.24, 2.45) is 0 Å². The fourth-order valence-electron chi connectivity index (χ4n) is 3.72. The molecule has 2 rings (SSSR count). The summed E-state index contributed by atoms with van der Waals surface area (Å²) in [4.78, 5) is 0. The van der Waals surface area contributed by atoms with Crippen LogP contribution in [-0.2, 0) is 0 Å². The van der Waals surface area contributed by atoms with E-state index in [4.69, 9.17) is 0 Å². The van der Waals surface area contributed by atoms with Crippen LogP contribution in [0, 0.1) is 0 Å². The topological polar surface area (TPSA) is 0 Å². The van der Waals surface area contributed by atoms with E-state index in [1.54, 1.807) is 5.56 Å². The molecule has 0 spiro atoms. The highest BCUT2D eigenvalue weighted by Crippen LogP contribution is 2.39. The number of hydrogen-bond acceptors (Lipinski definition) is 0. The average molecular weight is 323 g/mol. The molecule has 0 N–H and O–H groups in total. The molecular weight excluding hydrogens is 288 g/mol. The van der Waals surface area contributed by atoms with Gasteiger partial charge in [0.1, 0.15) is 0 Å². The van der Waals surface area contributed by atoms with Crippen LogP contribution in [0.5, 0.6) is 0 Å². The van der Waals surface area contributed by atoms with Crippen molar-refractivity contribution in [1.29, 1.82) is 0 Å². The van der Waals surface area contributed by atoms with Gasteiger partial charge in [-0.2, -0.15) is 0 Å². The summed E-state index contributed by atoms with van der Waals surface area (Å²) >= 11 is 0. The Balaban J connectivity index is 2.68. The SMILES string of the molecule is CC(C)c1ccc(-c2ccc(C(C)C)c(C(C)C)c2C(C)C)cc1. The molecule has 0 bridgehead atoms. The summed E-state index contributed by atoms with van der Waals surface area (Å²) in [5.41, 5.74) is 8.77. The standard InChI is InChI=1S/C24H34/c1-15(2)19-9-11-20(12-10-19)22-14-13-21(16(3)4)23(17(5)6)24(22)18(7)8/h9-18H,1-8H3. The fourth-order valence-corrected chi connectivity index (χ4v) is 3.72. The van der Waals surface area contributed by atoms with E-state index in [1.807, 2.05) is 0 Å². The molecule has 0 aliphatic rings. The third-order valence-electron chi connectivity index (χ3n) is 4.99. The van der Waals surface area contributed by atoms with E-state index < -0.39 is 0 Å². The largest absolute Gasteiger partial charge is 0.0587 e. The lowest BCUT2D eigenvalue weighted by Gasteiger charge is -2.26. The quantitative estimate of drug-likeness (QED) is 0.525. The van der Waals surface area contributed by atoms with Crippen molar-refractivity contribution in [3.63, 3.8) is 0 Å². The minimum absolute atomic E-state index is 0.529. The van der Waals surface area contributed by atoms with Crippen molar-refractivity contribution in [2.75, 3.05) is 0 Å². The zero-order valence-corrected chi connectivity index (χ0v) is 16.8. The third kappa shape index (κ3) is 3.74. The zero-order chi connectivity index (χ0) is 18.0. The highest BCUT2D eigenvalue weighted by atomic mass is 14.2. The van der Waals surface area contributed by atoms with Crippen LogP contribution >= 0.6 is 0 Å².